The van der Waals surface area contributed by atoms with Crippen LogP contribution in [0.3, 0.4) is 0 Å². The van der Waals surface area contributed by atoms with E-state index in [0.29, 0.717) is 25.3 Å². The predicted molar refractivity (Wildman–Crippen MR) is 93.4 cm³/mol. The standard InChI is InChI=1S/C20H22N2O2/c1-16-9-6-7-12-19(16)24-17(2)20(23)22(14-8-13-21)15-18-10-4-3-5-11-18/h3-7,9-12,17H,8,14-15H2,1-2H3. The van der Waals surface area contributed by atoms with Gasteiger partial charge < -0.3 is 9.64 Å². The molecule has 0 aliphatic heterocycles. The summed E-state index contributed by atoms with van der Waals surface area (Å²) in [5, 5.41) is 8.85. The van der Waals surface area contributed by atoms with Crippen molar-refractivity contribution in [3.05, 3.63) is 65.7 Å². The van der Waals surface area contributed by atoms with Crippen molar-refractivity contribution in [1.29, 1.82) is 5.26 Å². The quantitative estimate of drug-likeness (QED) is 0.781. The summed E-state index contributed by atoms with van der Waals surface area (Å²) in [5.74, 6) is 0.593. The van der Waals surface area contributed by atoms with Crippen molar-refractivity contribution in [3.63, 3.8) is 0 Å². The van der Waals surface area contributed by atoms with Crippen LogP contribution in [0.15, 0.2) is 54.6 Å². The molecule has 0 fully saturated rings. The molecule has 1 atom stereocenters. The number of nitriles is 1. The lowest BCUT2D eigenvalue weighted by molar-refractivity contribution is -0.138. The molecule has 2 rings (SSSR count). The molecule has 0 heterocycles. The van der Waals surface area contributed by atoms with Crippen LogP contribution in [0.1, 0.15) is 24.5 Å². The van der Waals surface area contributed by atoms with Crippen LogP contribution < -0.4 is 4.74 Å². The average Bonchev–Trinajstić information content (AvgIpc) is 2.60. The first-order valence-corrected chi connectivity index (χ1v) is 8.03. The van der Waals surface area contributed by atoms with Crippen molar-refractivity contribution in [2.75, 3.05) is 6.54 Å². The highest BCUT2D eigenvalue weighted by Crippen LogP contribution is 2.19. The van der Waals surface area contributed by atoms with Gasteiger partial charge in [0.15, 0.2) is 6.10 Å². The first kappa shape index (κ1) is 17.6. The molecule has 124 valence electrons. The number of rotatable bonds is 7. The Kier molecular flexibility index (Phi) is 6.39. The van der Waals surface area contributed by atoms with Crippen LogP contribution in [-0.2, 0) is 11.3 Å². The zero-order valence-electron chi connectivity index (χ0n) is 14.1. The monoisotopic (exact) mass is 322 g/mol. The highest BCUT2D eigenvalue weighted by molar-refractivity contribution is 5.81. The number of para-hydroxylation sites is 1. The van der Waals surface area contributed by atoms with E-state index in [0.717, 1.165) is 11.1 Å². The van der Waals surface area contributed by atoms with Gasteiger partial charge >= 0.3 is 0 Å². The predicted octanol–water partition coefficient (Wildman–Crippen LogP) is 3.70. The minimum Gasteiger partial charge on any atom is -0.481 e. The maximum Gasteiger partial charge on any atom is 0.263 e. The van der Waals surface area contributed by atoms with Gasteiger partial charge in [-0.1, -0.05) is 48.5 Å². The van der Waals surface area contributed by atoms with E-state index >= 15 is 0 Å². The van der Waals surface area contributed by atoms with Crippen LogP contribution in [0.4, 0.5) is 0 Å². The van der Waals surface area contributed by atoms with E-state index in [9.17, 15) is 4.79 Å². The van der Waals surface area contributed by atoms with Gasteiger partial charge in [0, 0.05) is 13.1 Å². The molecule has 0 saturated heterocycles. The number of amides is 1. The van der Waals surface area contributed by atoms with Crippen LogP contribution in [0.2, 0.25) is 0 Å². The Morgan fingerprint density at radius 1 is 1.17 bits per heavy atom. The van der Waals surface area contributed by atoms with Crippen molar-refractivity contribution >= 4 is 5.91 Å². The highest BCUT2D eigenvalue weighted by Gasteiger charge is 2.22. The molecule has 0 aliphatic rings. The van der Waals surface area contributed by atoms with E-state index in [2.05, 4.69) is 6.07 Å². The third kappa shape index (κ3) is 4.85. The van der Waals surface area contributed by atoms with E-state index in [4.69, 9.17) is 10.00 Å². The molecule has 4 nitrogen and oxygen atoms in total. The van der Waals surface area contributed by atoms with Gasteiger partial charge in [-0.05, 0) is 31.0 Å². The smallest absolute Gasteiger partial charge is 0.263 e. The molecule has 0 spiro atoms. The molecule has 0 aromatic heterocycles. The molecule has 1 unspecified atom stereocenters. The third-order valence-corrected chi connectivity index (χ3v) is 3.77. The topological polar surface area (TPSA) is 53.3 Å². The SMILES string of the molecule is Cc1ccccc1OC(C)C(=O)N(CCC#N)Cc1ccccc1. The number of nitrogens with zero attached hydrogens (tertiary/aromatic N) is 2. The Morgan fingerprint density at radius 3 is 2.50 bits per heavy atom. The summed E-state index contributed by atoms with van der Waals surface area (Å²) >= 11 is 0. The summed E-state index contributed by atoms with van der Waals surface area (Å²) in [7, 11) is 0. The first-order valence-electron chi connectivity index (χ1n) is 8.03. The fraction of sp³-hybridized carbons (Fsp3) is 0.300. The Bertz CT molecular complexity index is 707. The second-order valence-electron chi connectivity index (χ2n) is 5.68. The van der Waals surface area contributed by atoms with Crippen LogP contribution in [0.25, 0.3) is 0 Å². The number of carbonyl (C=O) groups is 1. The third-order valence-electron chi connectivity index (χ3n) is 3.77. The summed E-state index contributed by atoms with van der Waals surface area (Å²) in [6, 6.07) is 19.5. The van der Waals surface area contributed by atoms with Gasteiger partial charge in [-0.15, -0.1) is 0 Å². The van der Waals surface area contributed by atoms with Crippen LogP contribution in [-0.4, -0.2) is 23.5 Å². The maximum absolute atomic E-state index is 12.8. The second-order valence-corrected chi connectivity index (χ2v) is 5.68. The zero-order chi connectivity index (χ0) is 17.4. The maximum atomic E-state index is 12.8. The zero-order valence-corrected chi connectivity index (χ0v) is 14.1. The lowest BCUT2D eigenvalue weighted by Gasteiger charge is -2.26. The van der Waals surface area contributed by atoms with Crippen LogP contribution in [0, 0.1) is 18.3 Å². The van der Waals surface area contributed by atoms with Gasteiger partial charge in [-0.3, -0.25) is 4.79 Å². The fourth-order valence-corrected chi connectivity index (χ4v) is 2.44. The average molecular weight is 322 g/mol. The Hall–Kier alpha value is -2.80. The second kappa shape index (κ2) is 8.73. The molecule has 0 bridgehead atoms. The van der Waals surface area contributed by atoms with Crippen LogP contribution in [0.5, 0.6) is 5.75 Å². The van der Waals surface area contributed by atoms with Gasteiger partial charge in [0.1, 0.15) is 5.75 Å². The van der Waals surface area contributed by atoms with Crippen molar-refractivity contribution in [2.45, 2.75) is 32.9 Å². The minimum absolute atomic E-state index is 0.114. The van der Waals surface area contributed by atoms with E-state index in [1.807, 2.05) is 61.5 Å². The fourth-order valence-electron chi connectivity index (χ4n) is 2.44. The molecule has 0 radical (unpaired) electrons. The van der Waals surface area contributed by atoms with Gasteiger partial charge in [0.2, 0.25) is 0 Å². The summed E-state index contributed by atoms with van der Waals surface area (Å²) in [6.07, 6.45) is -0.302. The first-order chi connectivity index (χ1) is 11.6. The van der Waals surface area contributed by atoms with E-state index in [1.54, 1.807) is 11.8 Å². The summed E-state index contributed by atoms with van der Waals surface area (Å²) in [5.41, 5.74) is 2.02. The van der Waals surface area contributed by atoms with Crippen molar-refractivity contribution in [3.8, 4) is 11.8 Å². The highest BCUT2D eigenvalue weighted by atomic mass is 16.5. The lowest BCUT2D eigenvalue weighted by Crippen LogP contribution is -2.40. The van der Waals surface area contributed by atoms with E-state index < -0.39 is 6.10 Å². The van der Waals surface area contributed by atoms with Gasteiger partial charge in [-0.2, -0.15) is 5.26 Å². The van der Waals surface area contributed by atoms with Gasteiger partial charge in [0.25, 0.3) is 5.91 Å². The van der Waals surface area contributed by atoms with Crippen molar-refractivity contribution < 1.29 is 9.53 Å². The molecule has 2 aromatic rings. The molecule has 0 N–H and O–H groups in total. The number of aryl methyl sites for hydroxylation is 1. The summed E-state index contributed by atoms with van der Waals surface area (Å²) < 4.78 is 5.83. The molecule has 2 aromatic carbocycles. The van der Waals surface area contributed by atoms with Gasteiger partial charge in [0.05, 0.1) is 12.5 Å². The van der Waals surface area contributed by atoms with Crippen LogP contribution >= 0.6 is 0 Å². The Balaban J connectivity index is 2.08. The van der Waals surface area contributed by atoms with Crippen molar-refractivity contribution in [2.24, 2.45) is 0 Å². The Labute approximate surface area is 143 Å². The summed E-state index contributed by atoms with van der Waals surface area (Å²) in [4.78, 5) is 14.4. The number of ether oxygens (including phenoxy) is 1. The molecule has 0 aliphatic carbocycles. The molecule has 1 amide bonds. The molecule has 0 saturated carbocycles. The van der Waals surface area contributed by atoms with Gasteiger partial charge in [-0.25, -0.2) is 0 Å². The normalized spacial score (nSPS) is 11.4. The minimum atomic E-state index is -0.603. The van der Waals surface area contributed by atoms with E-state index in [1.165, 1.54) is 0 Å². The summed E-state index contributed by atoms with van der Waals surface area (Å²) in [6.45, 7) is 4.57. The lowest BCUT2D eigenvalue weighted by atomic mass is 10.2. The number of hydrogen-bond acceptors (Lipinski definition) is 3. The van der Waals surface area contributed by atoms with E-state index in [-0.39, 0.29) is 5.91 Å². The molecule has 4 heteroatoms. The van der Waals surface area contributed by atoms with Crippen molar-refractivity contribution in [1.82, 2.24) is 4.90 Å². The number of hydrogen-bond donors (Lipinski definition) is 0. The number of benzene rings is 2. The Morgan fingerprint density at radius 2 is 1.83 bits per heavy atom. The molecular weight excluding hydrogens is 300 g/mol. The molecular formula is C20H22N2O2. The molecule has 24 heavy (non-hydrogen) atoms. The number of carbonyl (C=O) groups excluding carboxylic acids is 1. The largest absolute Gasteiger partial charge is 0.481 e.